The SMILES string of the molecule is CCCC[N+]1(C)C=CC=CC=C1. The molecule has 0 aromatic rings. The van der Waals surface area contributed by atoms with Crippen LogP contribution in [0.3, 0.4) is 0 Å². The summed E-state index contributed by atoms with van der Waals surface area (Å²) in [5.41, 5.74) is 0. The van der Waals surface area contributed by atoms with E-state index in [2.05, 4.69) is 50.7 Å². The number of hydrogen-bond acceptors (Lipinski definition) is 0. The molecule has 0 N–H and O–H groups in total. The first kappa shape index (κ1) is 9.27. The minimum absolute atomic E-state index is 0.931. The fraction of sp³-hybridized carbons (Fsp3) is 0.455. The number of unbranched alkanes of at least 4 members (excludes halogenated alkanes) is 1. The molecular formula is C11H18N+. The van der Waals surface area contributed by atoms with Crippen molar-refractivity contribution in [2.75, 3.05) is 13.6 Å². The third kappa shape index (κ3) is 2.67. The highest BCUT2D eigenvalue weighted by Gasteiger charge is 2.13. The maximum Gasteiger partial charge on any atom is 0.100 e. The van der Waals surface area contributed by atoms with Crippen LogP contribution in [0.5, 0.6) is 0 Å². The summed E-state index contributed by atoms with van der Waals surface area (Å²) in [6, 6.07) is 0. The first-order chi connectivity index (χ1) is 5.77. The Labute approximate surface area is 75.3 Å². The van der Waals surface area contributed by atoms with E-state index in [0.717, 1.165) is 4.48 Å². The molecule has 12 heavy (non-hydrogen) atoms. The zero-order valence-corrected chi connectivity index (χ0v) is 8.03. The van der Waals surface area contributed by atoms with E-state index >= 15 is 0 Å². The van der Waals surface area contributed by atoms with Crippen molar-refractivity contribution in [2.45, 2.75) is 19.8 Å². The first-order valence-corrected chi connectivity index (χ1v) is 4.65. The molecule has 1 aliphatic heterocycles. The Kier molecular flexibility index (Phi) is 3.30. The number of quaternary nitrogens is 1. The van der Waals surface area contributed by atoms with Gasteiger partial charge in [0.15, 0.2) is 0 Å². The zero-order chi connectivity index (χ0) is 8.86. The topological polar surface area (TPSA) is 0 Å². The van der Waals surface area contributed by atoms with Gasteiger partial charge in [-0.1, -0.05) is 25.5 Å². The number of allylic oxidation sites excluding steroid dienone is 4. The molecule has 0 amide bonds. The molecule has 0 aromatic heterocycles. The molecule has 0 saturated carbocycles. The van der Waals surface area contributed by atoms with Gasteiger partial charge in [-0.3, -0.25) is 4.48 Å². The highest BCUT2D eigenvalue weighted by molar-refractivity contribution is 5.11. The fourth-order valence-electron chi connectivity index (χ4n) is 1.32. The van der Waals surface area contributed by atoms with E-state index in [9.17, 15) is 0 Å². The maximum atomic E-state index is 2.23. The van der Waals surface area contributed by atoms with Crippen molar-refractivity contribution in [3.05, 3.63) is 36.7 Å². The lowest BCUT2D eigenvalue weighted by molar-refractivity contribution is -0.806. The average Bonchev–Trinajstić information content (AvgIpc) is 2.27. The van der Waals surface area contributed by atoms with Gasteiger partial charge in [0.25, 0.3) is 0 Å². The molecule has 1 aliphatic rings. The third-order valence-corrected chi connectivity index (χ3v) is 2.18. The van der Waals surface area contributed by atoms with Crippen LogP contribution in [-0.2, 0) is 0 Å². The lowest BCUT2D eigenvalue weighted by Gasteiger charge is -2.24. The molecule has 0 atom stereocenters. The van der Waals surface area contributed by atoms with Crippen LogP contribution in [0.4, 0.5) is 0 Å². The van der Waals surface area contributed by atoms with Crippen molar-refractivity contribution in [1.29, 1.82) is 0 Å². The number of nitrogens with zero attached hydrogens (tertiary/aromatic N) is 1. The normalized spacial score (nSPS) is 19.5. The third-order valence-electron chi connectivity index (χ3n) is 2.18. The predicted octanol–water partition coefficient (Wildman–Crippen LogP) is 2.83. The Morgan fingerprint density at radius 2 is 1.58 bits per heavy atom. The summed E-state index contributed by atoms with van der Waals surface area (Å²) >= 11 is 0. The Balaban J connectivity index is 2.57. The van der Waals surface area contributed by atoms with Crippen molar-refractivity contribution in [3.8, 4) is 0 Å². The lowest BCUT2D eigenvalue weighted by atomic mass is 10.3. The highest BCUT2D eigenvalue weighted by atomic mass is 15.3. The van der Waals surface area contributed by atoms with Crippen molar-refractivity contribution in [2.24, 2.45) is 0 Å². The van der Waals surface area contributed by atoms with Gasteiger partial charge >= 0.3 is 0 Å². The van der Waals surface area contributed by atoms with Crippen LogP contribution in [-0.4, -0.2) is 18.1 Å². The molecule has 0 aliphatic carbocycles. The van der Waals surface area contributed by atoms with Crippen molar-refractivity contribution in [1.82, 2.24) is 0 Å². The number of rotatable bonds is 3. The summed E-state index contributed by atoms with van der Waals surface area (Å²) in [4.78, 5) is 0. The summed E-state index contributed by atoms with van der Waals surface area (Å²) in [5.74, 6) is 0. The lowest BCUT2D eigenvalue weighted by Crippen LogP contribution is -2.32. The molecule has 0 spiro atoms. The Bertz CT molecular complexity index is 195. The molecule has 1 rings (SSSR count). The standard InChI is InChI=1S/C11H18N/c1-3-4-9-12(2)10-7-5-6-8-11-12/h5-8,10-11H,3-4,9H2,1-2H3/q+1. The first-order valence-electron chi connectivity index (χ1n) is 4.65. The van der Waals surface area contributed by atoms with Crippen molar-refractivity contribution >= 4 is 0 Å². The summed E-state index contributed by atoms with van der Waals surface area (Å²) in [5, 5.41) is 0. The van der Waals surface area contributed by atoms with E-state index in [1.54, 1.807) is 0 Å². The van der Waals surface area contributed by atoms with Gasteiger partial charge in [-0.25, -0.2) is 0 Å². The van der Waals surface area contributed by atoms with Crippen LogP contribution < -0.4 is 0 Å². The molecule has 0 bridgehead atoms. The van der Waals surface area contributed by atoms with Crippen LogP contribution in [0.25, 0.3) is 0 Å². The Hall–Kier alpha value is -0.820. The molecule has 0 radical (unpaired) electrons. The number of hydrogen-bond donors (Lipinski definition) is 0. The molecule has 1 nitrogen and oxygen atoms in total. The quantitative estimate of drug-likeness (QED) is 0.563. The highest BCUT2D eigenvalue weighted by Crippen LogP contribution is 2.10. The van der Waals surface area contributed by atoms with Crippen LogP contribution >= 0.6 is 0 Å². The van der Waals surface area contributed by atoms with Crippen LogP contribution in [0.2, 0.25) is 0 Å². The summed E-state index contributed by atoms with van der Waals surface area (Å²) in [7, 11) is 2.23. The van der Waals surface area contributed by atoms with Gasteiger partial charge in [-0.2, -0.15) is 0 Å². The minimum Gasteiger partial charge on any atom is -0.273 e. The van der Waals surface area contributed by atoms with E-state index in [0.29, 0.717) is 0 Å². The van der Waals surface area contributed by atoms with Gasteiger partial charge in [-0.15, -0.1) is 0 Å². The zero-order valence-electron chi connectivity index (χ0n) is 8.03. The molecule has 0 fully saturated rings. The minimum atomic E-state index is 0.931. The second-order valence-corrected chi connectivity index (χ2v) is 3.49. The second-order valence-electron chi connectivity index (χ2n) is 3.49. The van der Waals surface area contributed by atoms with E-state index in [1.165, 1.54) is 19.4 Å². The monoisotopic (exact) mass is 164 g/mol. The molecule has 0 saturated heterocycles. The smallest absolute Gasteiger partial charge is 0.100 e. The van der Waals surface area contributed by atoms with Crippen molar-refractivity contribution in [3.63, 3.8) is 0 Å². The Morgan fingerprint density at radius 1 is 1.00 bits per heavy atom. The molecule has 0 unspecified atom stereocenters. The van der Waals surface area contributed by atoms with Gasteiger partial charge in [0.1, 0.15) is 12.4 Å². The average molecular weight is 164 g/mol. The summed E-state index contributed by atoms with van der Waals surface area (Å²) in [6.45, 7) is 3.43. The summed E-state index contributed by atoms with van der Waals surface area (Å²) < 4.78 is 0.931. The molecule has 1 heteroatoms. The van der Waals surface area contributed by atoms with Crippen LogP contribution in [0.1, 0.15) is 19.8 Å². The summed E-state index contributed by atoms with van der Waals surface area (Å²) in [6.07, 6.45) is 15.4. The van der Waals surface area contributed by atoms with Crippen LogP contribution in [0.15, 0.2) is 36.7 Å². The predicted molar refractivity (Wildman–Crippen MR) is 53.4 cm³/mol. The molecule has 1 heterocycles. The molecular weight excluding hydrogens is 146 g/mol. The fourth-order valence-corrected chi connectivity index (χ4v) is 1.32. The van der Waals surface area contributed by atoms with E-state index < -0.39 is 0 Å². The van der Waals surface area contributed by atoms with Gasteiger partial charge in [-0.05, 0) is 18.6 Å². The largest absolute Gasteiger partial charge is 0.273 e. The van der Waals surface area contributed by atoms with E-state index in [-0.39, 0.29) is 0 Å². The van der Waals surface area contributed by atoms with E-state index in [1.807, 2.05) is 0 Å². The van der Waals surface area contributed by atoms with Crippen molar-refractivity contribution < 1.29 is 4.48 Å². The molecule has 0 aromatic carbocycles. The maximum absolute atomic E-state index is 2.23. The van der Waals surface area contributed by atoms with Gasteiger partial charge in [0.2, 0.25) is 0 Å². The van der Waals surface area contributed by atoms with Gasteiger partial charge in [0, 0.05) is 0 Å². The second kappa shape index (κ2) is 4.27. The Morgan fingerprint density at radius 3 is 2.08 bits per heavy atom. The van der Waals surface area contributed by atoms with Gasteiger partial charge < -0.3 is 0 Å². The van der Waals surface area contributed by atoms with Gasteiger partial charge in [0.05, 0.1) is 13.6 Å². The van der Waals surface area contributed by atoms with E-state index in [4.69, 9.17) is 0 Å². The molecule has 66 valence electrons. The van der Waals surface area contributed by atoms with Crippen LogP contribution in [0, 0.1) is 0 Å².